The summed E-state index contributed by atoms with van der Waals surface area (Å²) in [4.78, 5) is 14.7. The number of methoxy groups -OCH3 is 1. The number of nitrogens with two attached hydrogens (primary N) is 1. The molecule has 1 saturated heterocycles. The van der Waals surface area contributed by atoms with Gasteiger partial charge >= 0.3 is 0 Å². The Kier molecular flexibility index (Phi) is 6.44. The van der Waals surface area contributed by atoms with Gasteiger partial charge in [-0.2, -0.15) is 0 Å². The number of carbonyl (C=O) groups is 1. The summed E-state index contributed by atoms with van der Waals surface area (Å²) in [5.41, 5.74) is 6.72. The lowest BCUT2D eigenvalue weighted by Gasteiger charge is -2.34. The monoisotopic (exact) mass is 404 g/mol. The van der Waals surface area contributed by atoms with E-state index in [9.17, 15) is 9.90 Å². The molecule has 1 saturated carbocycles. The van der Waals surface area contributed by atoms with Crippen molar-refractivity contribution in [1.29, 1.82) is 0 Å². The molecule has 6 nitrogen and oxygen atoms in total. The molecule has 1 aliphatic carbocycles. The van der Waals surface area contributed by atoms with Crippen LogP contribution in [0.1, 0.15) is 52.0 Å². The number of aliphatic hydroxyl groups is 1. The molecule has 2 aliphatic rings. The molecule has 6 heteroatoms. The molecule has 0 radical (unpaired) electrons. The zero-order chi connectivity index (χ0) is 21.3. The molecule has 3 N–H and O–H groups in total. The second-order valence-corrected chi connectivity index (χ2v) is 9.39. The van der Waals surface area contributed by atoms with Gasteiger partial charge in [0.2, 0.25) is 5.91 Å². The summed E-state index contributed by atoms with van der Waals surface area (Å²) in [6.07, 6.45) is 1.87. The minimum atomic E-state index is -0.571. The number of aliphatic hydroxyl groups excluding tert-OH is 1. The molecule has 1 heterocycles. The standard InChI is InChI=1S/C23H36N2O4/c1-14(2)21(24)22(27)25-11-18(23(4,13-25)15(3)26)17-8-9-19(28-5)20(10-17)29-12-16-6-7-16/h8-10,14-16,18,21,26H,6-7,11-13,24H2,1-5H3/t15-,18+,21+,23+/m1/s1. The first kappa shape index (κ1) is 21.9. The second-order valence-electron chi connectivity index (χ2n) is 9.39. The van der Waals surface area contributed by atoms with E-state index in [-0.39, 0.29) is 17.7 Å². The minimum Gasteiger partial charge on any atom is -0.493 e. The molecule has 0 bridgehead atoms. The van der Waals surface area contributed by atoms with Crippen molar-refractivity contribution in [2.75, 3.05) is 26.8 Å². The average Bonchev–Trinajstić information content (AvgIpc) is 3.45. The Bertz CT molecular complexity index is 732. The molecule has 0 spiro atoms. The predicted octanol–water partition coefficient (Wildman–Crippen LogP) is 2.78. The van der Waals surface area contributed by atoms with E-state index in [0.717, 1.165) is 11.3 Å². The quantitative estimate of drug-likeness (QED) is 0.696. The SMILES string of the molecule is COc1ccc([C@@H]2CN(C(=O)[C@@H](N)C(C)C)C[C@@]2(C)[C@@H](C)O)cc1OCC1CC1. The highest BCUT2D eigenvalue weighted by atomic mass is 16.5. The minimum absolute atomic E-state index is 0.0139. The topological polar surface area (TPSA) is 85.0 Å². The summed E-state index contributed by atoms with van der Waals surface area (Å²) in [7, 11) is 1.64. The van der Waals surface area contributed by atoms with Crippen LogP contribution in [0.15, 0.2) is 18.2 Å². The van der Waals surface area contributed by atoms with Crippen molar-refractivity contribution < 1.29 is 19.4 Å². The Morgan fingerprint density at radius 1 is 1.31 bits per heavy atom. The van der Waals surface area contributed by atoms with E-state index in [1.807, 2.05) is 43.9 Å². The number of ether oxygens (including phenoxy) is 2. The van der Waals surface area contributed by atoms with Crippen LogP contribution in [0, 0.1) is 17.3 Å². The highest BCUT2D eigenvalue weighted by Crippen LogP contribution is 2.47. The number of benzene rings is 1. The Morgan fingerprint density at radius 3 is 2.55 bits per heavy atom. The van der Waals surface area contributed by atoms with Crippen molar-refractivity contribution in [1.82, 2.24) is 4.90 Å². The Morgan fingerprint density at radius 2 is 2.00 bits per heavy atom. The normalized spacial score (nSPS) is 26.5. The van der Waals surface area contributed by atoms with Crippen molar-refractivity contribution in [3.05, 3.63) is 23.8 Å². The van der Waals surface area contributed by atoms with E-state index in [0.29, 0.717) is 31.4 Å². The van der Waals surface area contributed by atoms with E-state index in [1.165, 1.54) is 12.8 Å². The lowest BCUT2D eigenvalue weighted by molar-refractivity contribution is -0.133. The highest BCUT2D eigenvalue weighted by molar-refractivity contribution is 5.82. The lowest BCUT2D eigenvalue weighted by atomic mass is 9.72. The van der Waals surface area contributed by atoms with Crippen LogP contribution in [0.2, 0.25) is 0 Å². The number of likely N-dealkylation sites (tertiary alicyclic amines) is 1. The van der Waals surface area contributed by atoms with Crippen molar-refractivity contribution in [3.8, 4) is 11.5 Å². The molecule has 0 aromatic heterocycles. The third-order valence-corrected chi connectivity index (χ3v) is 6.76. The maximum Gasteiger partial charge on any atom is 0.239 e. The Balaban J connectivity index is 1.88. The summed E-state index contributed by atoms with van der Waals surface area (Å²) in [5, 5.41) is 10.6. The van der Waals surface area contributed by atoms with Crippen LogP contribution < -0.4 is 15.2 Å². The van der Waals surface area contributed by atoms with Crippen LogP contribution in [-0.2, 0) is 4.79 Å². The molecule has 1 amide bonds. The van der Waals surface area contributed by atoms with Gasteiger partial charge in [0.25, 0.3) is 0 Å². The molecule has 0 unspecified atom stereocenters. The maximum atomic E-state index is 12.9. The number of carbonyl (C=O) groups excluding carboxylic acids is 1. The van der Waals surface area contributed by atoms with Crippen molar-refractivity contribution >= 4 is 5.91 Å². The van der Waals surface area contributed by atoms with Gasteiger partial charge in [-0.15, -0.1) is 0 Å². The zero-order valence-electron chi connectivity index (χ0n) is 18.4. The first-order valence-electron chi connectivity index (χ1n) is 10.7. The Hall–Kier alpha value is -1.79. The van der Waals surface area contributed by atoms with Crippen LogP contribution >= 0.6 is 0 Å². The van der Waals surface area contributed by atoms with E-state index < -0.39 is 17.6 Å². The van der Waals surface area contributed by atoms with Crippen LogP contribution in [0.4, 0.5) is 0 Å². The molecule has 2 fully saturated rings. The summed E-state index contributed by atoms with van der Waals surface area (Å²) >= 11 is 0. The smallest absolute Gasteiger partial charge is 0.239 e. The van der Waals surface area contributed by atoms with Crippen LogP contribution in [0.25, 0.3) is 0 Å². The Labute approximate surface area is 174 Å². The fourth-order valence-electron chi connectivity index (χ4n) is 4.10. The molecular weight excluding hydrogens is 368 g/mol. The largest absolute Gasteiger partial charge is 0.493 e. The van der Waals surface area contributed by atoms with Crippen molar-refractivity contribution in [2.45, 2.75) is 58.6 Å². The number of hydrogen-bond donors (Lipinski definition) is 2. The highest BCUT2D eigenvalue weighted by Gasteiger charge is 2.49. The molecule has 1 aliphatic heterocycles. The van der Waals surface area contributed by atoms with Gasteiger partial charge in [-0.05, 0) is 49.3 Å². The lowest BCUT2D eigenvalue weighted by Crippen LogP contribution is -2.46. The van der Waals surface area contributed by atoms with E-state index in [1.54, 1.807) is 14.0 Å². The van der Waals surface area contributed by atoms with Crippen LogP contribution in [0.5, 0.6) is 11.5 Å². The number of hydrogen-bond acceptors (Lipinski definition) is 5. The molecular formula is C23H36N2O4. The molecule has 1 aromatic rings. The number of amides is 1. The second kappa shape index (κ2) is 8.52. The van der Waals surface area contributed by atoms with E-state index >= 15 is 0 Å². The third kappa shape index (κ3) is 4.53. The van der Waals surface area contributed by atoms with Crippen LogP contribution in [-0.4, -0.2) is 54.9 Å². The molecule has 4 atom stereocenters. The average molecular weight is 405 g/mol. The number of rotatable bonds is 8. The van der Waals surface area contributed by atoms with Gasteiger partial charge in [-0.3, -0.25) is 4.79 Å². The fraction of sp³-hybridized carbons (Fsp3) is 0.696. The first-order chi connectivity index (χ1) is 13.7. The molecule has 29 heavy (non-hydrogen) atoms. The molecule has 3 rings (SSSR count). The van der Waals surface area contributed by atoms with Gasteiger partial charge < -0.3 is 25.2 Å². The summed E-state index contributed by atoms with van der Waals surface area (Å²) in [6.45, 7) is 9.48. The number of nitrogens with zero attached hydrogens (tertiary/aromatic N) is 1. The molecule has 162 valence electrons. The first-order valence-corrected chi connectivity index (χ1v) is 10.7. The van der Waals surface area contributed by atoms with Gasteiger partial charge in [0.05, 0.1) is 25.9 Å². The summed E-state index contributed by atoms with van der Waals surface area (Å²) in [6, 6.07) is 5.43. The zero-order valence-corrected chi connectivity index (χ0v) is 18.4. The van der Waals surface area contributed by atoms with Gasteiger partial charge in [0.15, 0.2) is 11.5 Å². The van der Waals surface area contributed by atoms with Crippen LogP contribution in [0.3, 0.4) is 0 Å². The van der Waals surface area contributed by atoms with Gasteiger partial charge in [-0.25, -0.2) is 0 Å². The summed E-state index contributed by atoms with van der Waals surface area (Å²) in [5.74, 6) is 2.09. The van der Waals surface area contributed by atoms with Crippen molar-refractivity contribution in [2.24, 2.45) is 23.0 Å². The summed E-state index contributed by atoms with van der Waals surface area (Å²) < 4.78 is 11.5. The molecule has 1 aromatic carbocycles. The van der Waals surface area contributed by atoms with E-state index in [4.69, 9.17) is 15.2 Å². The van der Waals surface area contributed by atoms with Gasteiger partial charge in [0, 0.05) is 24.4 Å². The maximum absolute atomic E-state index is 12.9. The van der Waals surface area contributed by atoms with Gasteiger partial charge in [-0.1, -0.05) is 26.8 Å². The predicted molar refractivity (Wildman–Crippen MR) is 113 cm³/mol. The third-order valence-electron chi connectivity index (χ3n) is 6.76. The fourth-order valence-corrected chi connectivity index (χ4v) is 4.10. The van der Waals surface area contributed by atoms with Crippen molar-refractivity contribution in [3.63, 3.8) is 0 Å². The van der Waals surface area contributed by atoms with E-state index in [2.05, 4.69) is 0 Å². The van der Waals surface area contributed by atoms with Gasteiger partial charge in [0.1, 0.15) is 0 Å².